The maximum absolute atomic E-state index is 12.2. The summed E-state index contributed by atoms with van der Waals surface area (Å²) in [5, 5.41) is 4.93. The number of hydrogen-bond donors (Lipinski definition) is 2. The first kappa shape index (κ1) is 20.5. The van der Waals surface area contributed by atoms with E-state index in [0.29, 0.717) is 27.6 Å². The van der Waals surface area contributed by atoms with Crippen LogP contribution in [-0.4, -0.2) is 34.7 Å². The quantitative estimate of drug-likeness (QED) is 0.429. The number of rotatable bonds is 8. The number of carbonyl (C=O) groups excluding carboxylic acids is 3. The highest BCUT2D eigenvalue weighted by Gasteiger charge is 2.14. The molecule has 3 rings (SSSR count). The molecule has 8 heteroatoms. The fraction of sp³-hybridized carbons (Fsp3) is 0.238. The fourth-order valence-electron chi connectivity index (χ4n) is 2.71. The first-order valence-corrected chi connectivity index (χ1v) is 10.0. The van der Waals surface area contributed by atoms with Crippen molar-refractivity contribution in [2.24, 2.45) is 0 Å². The second kappa shape index (κ2) is 9.29. The summed E-state index contributed by atoms with van der Waals surface area (Å²) < 4.78 is 4.66. The van der Waals surface area contributed by atoms with Gasteiger partial charge in [-0.1, -0.05) is 31.2 Å². The molecule has 29 heavy (non-hydrogen) atoms. The monoisotopic (exact) mass is 411 g/mol. The number of H-pyrrole nitrogens is 1. The first-order chi connectivity index (χ1) is 14.0. The topological polar surface area (TPSA) is 101 Å². The summed E-state index contributed by atoms with van der Waals surface area (Å²) in [5.41, 5.74) is 3.45. The van der Waals surface area contributed by atoms with Crippen molar-refractivity contribution < 1.29 is 19.1 Å². The van der Waals surface area contributed by atoms with Crippen LogP contribution in [0.5, 0.6) is 0 Å². The lowest BCUT2D eigenvalue weighted by atomic mass is 10.0. The largest absolute Gasteiger partial charge is 0.464 e. The molecule has 0 radical (unpaired) electrons. The normalized spacial score (nSPS) is 10.6. The SMILES string of the molecule is CCc1ccc(C(=O)CCC(=O)Nc2nc(-c3c[nH]c(C(=O)OC)c3)cs2)cc1. The highest BCUT2D eigenvalue weighted by atomic mass is 32.1. The molecule has 0 aliphatic heterocycles. The Morgan fingerprint density at radius 1 is 1.17 bits per heavy atom. The van der Waals surface area contributed by atoms with Crippen molar-refractivity contribution in [2.75, 3.05) is 12.4 Å². The molecule has 150 valence electrons. The van der Waals surface area contributed by atoms with Crippen LogP contribution >= 0.6 is 11.3 Å². The number of ketones is 1. The number of thiazole rings is 1. The van der Waals surface area contributed by atoms with Crippen molar-refractivity contribution in [2.45, 2.75) is 26.2 Å². The summed E-state index contributed by atoms with van der Waals surface area (Å²) in [6.45, 7) is 2.05. The molecule has 0 aliphatic carbocycles. The summed E-state index contributed by atoms with van der Waals surface area (Å²) >= 11 is 1.27. The summed E-state index contributed by atoms with van der Waals surface area (Å²) in [4.78, 5) is 43.1. The predicted molar refractivity (Wildman–Crippen MR) is 111 cm³/mol. The lowest BCUT2D eigenvalue weighted by Gasteiger charge is -2.03. The Bertz CT molecular complexity index is 1020. The van der Waals surface area contributed by atoms with Gasteiger partial charge < -0.3 is 15.0 Å². The number of anilines is 1. The van der Waals surface area contributed by atoms with Crippen molar-refractivity contribution in [1.29, 1.82) is 0 Å². The Morgan fingerprint density at radius 3 is 2.62 bits per heavy atom. The van der Waals surface area contributed by atoms with Gasteiger partial charge >= 0.3 is 5.97 Å². The molecular weight excluding hydrogens is 390 g/mol. The zero-order valence-corrected chi connectivity index (χ0v) is 17.0. The number of amides is 1. The summed E-state index contributed by atoms with van der Waals surface area (Å²) in [5.74, 6) is -0.798. The molecule has 0 fully saturated rings. The van der Waals surface area contributed by atoms with Gasteiger partial charge in [0.15, 0.2) is 10.9 Å². The summed E-state index contributed by atoms with van der Waals surface area (Å²) in [6.07, 6.45) is 2.78. The van der Waals surface area contributed by atoms with Crippen LogP contribution in [0.25, 0.3) is 11.3 Å². The number of aryl methyl sites for hydroxylation is 1. The van der Waals surface area contributed by atoms with Gasteiger partial charge in [0.1, 0.15) is 5.69 Å². The molecule has 0 saturated heterocycles. The van der Waals surface area contributed by atoms with E-state index < -0.39 is 5.97 Å². The number of aromatic amines is 1. The highest BCUT2D eigenvalue weighted by Crippen LogP contribution is 2.26. The van der Waals surface area contributed by atoms with Gasteiger partial charge in [-0.05, 0) is 18.1 Å². The summed E-state index contributed by atoms with van der Waals surface area (Å²) in [7, 11) is 1.31. The minimum Gasteiger partial charge on any atom is -0.464 e. The van der Waals surface area contributed by atoms with Crippen LogP contribution in [0.15, 0.2) is 41.9 Å². The maximum atomic E-state index is 12.2. The molecule has 1 aromatic carbocycles. The highest BCUT2D eigenvalue weighted by molar-refractivity contribution is 7.14. The van der Waals surface area contributed by atoms with Crippen LogP contribution in [-0.2, 0) is 16.0 Å². The Balaban J connectivity index is 1.54. The van der Waals surface area contributed by atoms with E-state index >= 15 is 0 Å². The average molecular weight is 411 g/mol. The predicted octanol–water partition coefficient (Wildman–Crippen LogP) is 4.09. The van der Waals surface area contributed by atoms with Crippen molar-refractivity contribution in [1.82, 2.24) is 9.97 Å². The third kappa shape index (κ3) is 5.17. The number of benzene rings is 1. The average Bonchev–Trinajstić information content (AvgIpc) is 3.41. The van der Waals surface area contributed by atoms with Crippen LogP contribution in [0.1, 0.15) is 46.2 Å². The van der Waals surface area contributed by atoms with Gasteiger partial charge in [0.05, 0.1) is 12.8 Å². The van der Waals surface area contributed by atoms with Crippen LogP contribution < -0.4 is 5.32 Å². The Kier molecular flexibility index (Phi) is 6.56. The zero-order chi connectivity index (χ0) is 20.8. The van der Waals surface area contributed by atoms with Gasteiger partial charge in [0.2, 0.25) is 5.91 Å². The molecule has 2 aromatic heterocycles. The van der Waals surface area contributed by atoms with E-state index in [9.17, 15) is 14.4 Å². The number of nitrogens with zero attached hydrogens (tertiary/aromatic N) is 1. The number of aromatic nitrogens is 2. The maximum Gasteiger partial charge on any atom is 0.354 e. The molecule has 0 bridgehead atoms. The van der Waals surface area contributed by atoms with Gasteiger partial charge in [-0.2, -0.15) is 0 Å². The van der Waals surface area contributed by atoms with E-state index in [-0.39, 0.29) is 24.5 Å². The van der Waals surface area contributed by atoms with E-state index in [0.717, 1.165) is 6.42 Å². The van der Waals surface area contributed by atoms with Crippen LogP contribution in [0.2, 0.25) is 0 Å². The van der Waals surface area contributed by atoms with Gasteiger partial charge in [-0.25, -0.2) is 9.78 Å². The minimum atomic E-state index is -0.464. The molecule has 2 N–H and O–H groups in total. The van der Waals surface area contributed by atoms with Crippen molar-refractivity contribution in [3.05, 3.63) is 58.7 Å². The molecule has 0 atom stereocenters. The molecule has 2 heterocycles. The van der Waals surface area contributed by atoms with E-state index in [1.54, 1.807) is 29.8 Å². The molecule has 3 aromatic rings. The standard InChI is InChI=1S/C21H21N3O4S/c1-3-13-4-6-14(7-5-13)18(25)8-9-19(26)24-21-23-17(12-29-21)15-10-16(22-11-15)20(27)28-2/h4-7,10-12,22H,3,8-9H2,1-2H3,(H,23,24,26). The Hall–Kier alpha value is -3.26. The second-order valence-electron chi connectivity index (χ2n) is 6.35. The zero-order valence-electron chi connectivity index (χ0n) is 16.2. The van der Waals surface area contributed by atoms with Crippen LogP contribution in [0.3, 0.4) is 0 Å². The number of carbonyl (C=O) groups is 3. The Morgan fingerprint density at radius 2 is 1.93 bits per heavy atom. The molecule has 1 amide bonds. The molecular formula is C21H21N3O4S. The van der Waals surface area contributed by atoms with Crippen molar-refractivity contribution in [3.63, 3.8) is 0 Å². The third-order valence-electron chi connectivity index (χ3n) is 4.40. The van der Waals surface area contributed by atoms with Gasteiger partial charge in [-0.15, -0.1) is 11.3 Å². The number of methoxy groups -OCH3 is 1. The van der Waals surface area contributed by atoms with Crippen LogP contribution in [0.4, 0.5) is 5.13 Å². The van der Waals surface area contributed by atoms with E-state index in [1.165, 1.54) is 24.0 Å². The minimum absolute atomic E-state index is 0.0645. The lowest BCUT2D eigenvalue weighted by Crippen LogP contribution is -2.13. The van der Waals surface area contributed by atoms with E-state index in [4.69, 9.17) is 0 Å². The summed E-state index contributed by atoms with van der Waals surface area (Å²) in [6, 6.07) is 9.08. The molecule has 0 unspecified atom stereocenters. The number of esters is 1. The van der Waals surface area contributed by atoms with E-state index in [2.05, 4.69) is 26.9 Å². The van der Waals surface area contributed by atoms with E-state index in [1.807, 2.05) is 12.1 Å². The first-order valence-electron chi connectivity index (χ1n) is 9.14. The number of nitrogens with one attached hydrogen (secondary N) is 2. The number of ether oxygens (including phenoxy) is 1. The number of hydrogen-bond acceptors (Lipinski definition) is 6. The van der Waals surface area contributed by atoms with Gasteiger partial charge in [-0.3, -0.25) is 9.59 Å². The van der Waals surface area contributed by atoms with Gasteiger partial charge in [0.25, 0.3) is 0 Å². The smallest absolute Gasteiger partial charge is 0.354 e. The molecule has 0 spiro atoms. The van der Waals surface area contributed by atoms with Gasteiger partial charge in [0, 0.05) is 35.5 Å². The number of Topliss-reactive ketones (excluding diaryl/α,β-unsaturated/α-hetero) is 1. The van der Waals surface area contributed by atoms with Crippen LogP contribution in [0, 0.1) is 0 Å². The lowest BCUT2D eigenvalue weighted by molar-refractivity contribution is -0.116. The third-order valence-corrected chi connectivity index (χ3v) is 5.16. The molecule has 0 saturated carbocycles. The van der Waals surface area contributed by atoms with Crippen molar-refractivity contribution in [3.8, 4) is 11.3 Å². The van der Waals surface area contributed by atoms with Crippen molar-refractivity contribution >= 4 is 34.1 Å². The fourth-order valence-corrected chi connectivity index (χ4v) is 3.45. The Labute approximate surface area is 172 Å². The molecule has 0 aliphatic rings. The second-order valence-corrected chi connectivity index (χ2v) is 7.21. The molecule has 7 nitrogen and oxygen atoms in total.